The van der Waals surface area contributed by atoms with Crippen LogP contribution in [0, 0.1) is 11.5 Å². The van der Waals surface area contributed by atoms with E-state index in [2.05, 4.69) is 60.7 Å². The van der Waals surface area contributed by atoms with Crippen molar-refractivity contribution in [2.75, 3.05) is 6.61 Å². The van der Waals surface area contributed by atoms with Crippen molar-refractivity contribution >= 4 is 0 Å². The minimum absolute atomic E-state index is 0. The molecular weight excluding hydrogens is 423 g/mol. The van der Waals surface area contributed by atoms with Gasteiger partial charge in [0, 0.05) is 6.61 Å². The summed E-state index contributed by atoms with van der Waals surface area (Å²) < 4.78 is 0. The van der Waals surface area contributed by atoms with Gasteiger partial charge in [0.15, 0.2) is 0 Å². The van der Waals surface area contributed by atoms with Crippen molar-refractivity contribution in [3.8, 4) is 22.3 Å². The summed E-state index contributed by atoms with van der Waals surface area (Å²) in [4.78, 5) is 0. The maximum absolute atomic E-state index is 8.40. The number of benzene rings is 3. The normalized spacial score (nSPS) is 10.7. The van der Waals surface area contributed by atoms with Crippen LogP contribution in [0.15, 0.2) is 66.7 Å². The Balaban J connectivity index is 0.000000721. The van der Waals surface area contributed by atoms with Gasteiger partial charge in [-0.25, -0.2) is 0 Å². The van der Waals surface area contributed by atoms with Crippen molar-refractivity contribution in [2.45, 2.75) is 27.2 Å². The third kappa shape index (κ3) is 6.47. The summed E-state index contributed by atoms with van der Waals surface area (Å²) in [5.74, 6) is 0. The molecular formula is C24H25Cl2OTi. The van der Waals surface area contributed by atoms with Crippen LogP contribution in [0.2, 0.25) is 0 Å². The molecule has 28 heavy (non-hydrogen) atoms. The van der Waals surface area contributed by atoms with Crippen LogP contribution in [0.3, 0.4) is 0 Å². The van der Waals surface area contributed by atoms with Crippen LogP contribution >= 0.6 is 0 Å². The number of hydrogen-bond acceptors (Lipinski definition) is 1. The molecule has 1 nitrogen and oxygen atoms in total. The molecule has 1 aliphatic carbocycles. The van der Waals surface area contributed by atoms with Crippen molar-refractivity contribution in [2.24, 2.45) is 5.41 Å². The summed E-state index contributed by atoms with van der Waals surface area (Å²) in [6.07, 6.45) is 1.03. The minimum Gasteiger partial charge on any atom is -1.00 e. The van der Waals surface area contributed by atoms with Crippen LogP contribution in [-0.2, 0) is 28.1 Å². The first-order chi connectivity index (χ1) is 12.0. The third-order valence-corrected chi connectivity index (χ3v) is 4.32. The summed E-state index contributed by atoms with van der Waals surface area (Å²) >= 11 is 0. The minimum atomic E-state index is 0. The van der Waals surface area contributed by atoms with E-state index in [0.717, 1.165) is 6.42 Å². The average Bonchev–Trinajstić information content (AvgIpc) is 3.01. The van der Waals surface area contributed by atoms with E-state index < -0.39 is 0 Å². The smallest absolute Gasteiger partial charge is 1.00 e. The van der Waals surface area contributed by atoms with Crippen LogP contribution in [0.1, 0.15) is 31.9 Å². The van der Waals surface area contributed by atoms with Crippen molar-refractivity contribution in [1.29, 1.82) is 0 Å². The van der Waals surface area contributed by atoms with Crippen LogP contribution in [0.4, 0.5) is 0 Å². The Morgan fingerprint density at radius 2 is 1.39 bits per heavy atom. The Hall–Kier alpha value is -1.09. The molecule has 1 radical (unpaired) electrons. The molecule has 1 aliphatic rings. The molecule has 0 saturated heterocycles. The summed E-state index contributed by atoms with van der Waals surface area (Å²) in [7, 11) is 0. The zero-order valence-corrected chi connectivity index (χ0v) is 19.5. The first-order valence-electron chi connectivity index (χ1n) is 8.78. The summed E-state index contributed by atoms with van der Waals surface area (Å²) in [6, 6.07) is 26.8. The van der Waals surface area contributed by atoms with E-state index in [1.165, 1.54) is 33.4 Å². The van der Waals surface area contributed by atoms with Crippen LogP contribution < -0.4 is 24.8 Å². The Kier molecular flexibility index (Phi) is 11.3. The Morgan fingerprint density at radius 3 is 2.00 bits per heavy atom. The second-order valence-corrected chi connectivity index (χ2v) is 7.66. The zero-order chi connectivity index (χ0) is 17.9. The molecule has 3 aromatic rings. The first-order valence-corrected chi connectivity index (χ1v) is 8.78. The molecule has 0 bridgehead atoms. The van der Waals surface area contributed by atoms with Crippen molar-refractivity contribution < 1.29 is 51.6 Å². The van der Waals surface area contributed by atoms with E-state index in [-0.39, 0.29) is 58.6 Å². The van der Waals surface area contributed by atoms with E-state index >= 15 is 0 Å². The topological polar surface area (TPSA) is 20.2 Å². The summed E-state index contributed by atoms with van der Waals surface area (Å²) in [5.41, 5.74) is 8.23. The van der Waals surface area contributed by atoms with E-state index in [9.17, 15) is 0 Å². The average molecular weight is 448 g/mol. The molecule has 3 aromatic carbocycles. The standard InChI is InChI=1S/C19H13.C5H12O.2ClH.Ti/c1-2-7-14(8-3-1)16-11-6-12-18-17-10-5-4-9-15(17)13-19(16)18;1-5(2,3)4-6;;;/h1-7,9-12H,13H2;6H,4H2,1-3H3;2*1H;/q-1;;;;+3/p-2. The van der Waals surface area contributed by atoms with Gasteiger partial charge in [0.05, 0.1) is 0 Å². The van der Waals surface area contributed by atoms with Crippen LogP contribution in [0.5, 0.6) is 0 Å². The number of aliphatic hydroxyl groups is 1. The molecule has 0 saturated carbocycles. The molecule has 0 atom stereocenters. The molecule has 0 fully saturated rings. The summed E-state index contributed by atoms with van der Waals surface area (Å²) in [5, 5.41) is 8.40. The first kappa shape index (κ1) is 26.9. The quantitative estimate of drug-likeness (QED) is 0.315. The van der Waals surface area contributed by atoms with Crippen LogP contribution in [0.25, 0.3) is 22.3 Å². The third-order valence-electron chi connectivity index (χ3n) is 4.32. The fourth-order valence-electron chi connectivity index (χ4n) is 2.97. The van der Waals surface area contributed by atoms with Gasteiger partial charge in [-0.2, -0.15) is 0 Å². The predicted molar refractivity (Wildman–Crippen MR) is 105 cm³/mol. The van der Waals surface area contributed by atoms with Gasteiger partial charge in [0.1, 0.15) is 0 Å². The molecule has 145 valence electrons. The van der Waals surface area contributed by atoms with E-state index in [0.29, 0.717) is 0 Å². The van der Waals surface area contributed by atoms with Gasteiger partial charge in [0.25, 0.3) is 0 Å². The van der Waals surface area contributed by atoms with E-state index in [1.807, 2.05) is 32.9 Å². The number of fused-ring (bicyclic) bond motifs is 3. The molecule has 1 N–H and O–H groups in total. The fraction of sp³-hybridized carbons (Fsp3) is 0.250. The number of rotatable bonds is 1. The van der Waals surface area contributed by atoms with Gasteiger partial charge in [-0.15, -0.1) is 35.9 Å². The second-order valence-electron chi connectivity index (χ2n) is 7.66. The van der Waals surface area contributed by atoms with Gasteiger partial charge in [-0.05, 0) is 28.5 Å². The van der Waals surface area contributed by atoms with E-state index in [1.54, 1.807) is 0 Å². The monoisotopic (exact) mass is 447 g/mol. The van der Waals surface area contributed by atoms with E-state index in [4.69, 9.17) is 5.11 Å². The van der Waals surface area contributed by atoms with Crippen molar-refractivity contribution in [1.82, 2.24) is 0 Å². The Labute approximate surface area is 196 Å². The predicted octanol–water partition coefficient (Wildman–Crippen LogP) is -0.245. The molecule has 0 spiro atoms. The Bertz CT molecular complexity index is 858. The van der Waals surface area contributed by atoms with Crippen molar-refractivity contribution in [3.63, 3.8) is 0 Å². The van der Waals surface area contributed by atoms with Gasteiger partial charge in [0.2, 0.25) is 0 Å². The number of hydrogen-bond donors (Lipinski definition) is 1. The molecule has 0 amide bonds. The second kappa shape index (κ2) is 11.8. The number of aliphatic hydroxyl groups excluding tert-OH is 1. The molecule has 4 heteroatoms. The molecule has 0 aliphatic heterocycles. The molecule has 0 heterocycles. The van der Waals surface area contributed by atoms with Crippen LogP contribution in [-0.4, -0.2) is 11.7 Å². The Morgan fingerprint density at radius 1 is 0.821 bits per heavy atom. The van der Waals surface area contributed by atoms with Gasteiger partial charge in [-0.1, -0.05) is 74.4 Å². The fourth-order valence-corrected chi connectivity index (χ4v) is 2.97. The van der Waals surface area contributed by atoms with Gasteiger partial charge >= 0.3 is 21.7 Å². The van der Waals surface area contributed by atoms with Crippen molar-refractivity contribution in [3.05, 3.63) is 83.9 Å². The summed E-state index contributed by atoms with van der Waals surface area (Å²) in [6.45, 7) is 6.25. The maximum atomic E-state index is 8.40. The zero-order valence-electron chi connectivity index (χ0n) is 16.5. The molecule has 0 aromatic heterocycles. The molecule has 4 rings (SSSR count). The maximum Gasteiger partial charge on any atom is 3.00 e. The molecule has 0 unspecified atom stereocenters. The van der Waals surface area contributed by atoms with Gasteiger partial charge < -0.3 is 29.9 Å². The largest absolute Gasteiger partial charge is 3.00 e. The SMILES string of the molecule is CC(C)(C)CO.[Cl-].[Cl-].[Ti+3].[c-]1ccccc1-c1cccc2c1Cc1ccccc1-2. The number of halogens is 2. The van der Waals surface area contributed by atoms with Gasteiger partial charge in [-0.3, -0.25) is 0 Å².